The van der Waals surface area contributed by atoms with Crippen LogP contribution >= 0.6 is 0 Å². The van der Waals surface area contributed by atoms with Crippen LogP contribution in [0.2, 0.25) is 0 Å². The van der Waals surface area contributed by atoms with Crippen molar-refractivity contribution >= 4 is 5.91 Å². The standard InChI is InChI=1S/C13H17NO3/c1-10-2-3-11(12(15)8-10)9-13(16)14-4-6-17-7-5-14/h2-3,8,15H,4-7,9H2,1H3. The molecule has 4 heteroatoms. The molecule has 0 aliphatic carbocycles. The first-order valence-electron chi connectivity index (χ1n) is 5.81. The largest absolute Gasteiger partial charge is 0.508 e. The Morgan fingerprint density at radius 3 is 2.76 bits per heavy atom. The maximum Gasteiger partial charge on any atom is 0.227 e. The maximum absolute atomic E-state index is 12.0. The predicted octanol–water partition coefficient (Wildman–Crippen LogP) is 1.10. The first-order chi connectivity index (χ1) is 8.16. The molecule has 1 amide bonds. The van der Waals surface area contributed by atoms with E-state index in [0.29, 0.717) is 31.9 Å². The summed E-state index contributed by atoms with van der Waals surface area (Å²) in [6, 6.07) is 5.40. The van der Waals surface area contributed by atoms with Gasteiger partial charge in [-0.2, -0.15) is 0 Å². The minimum atomic E-state index is 0.0486. The van der Waals surface area contributed by atoms with E-state index >= 15 is 0 Å². The van der Waals surface area contributed by atoms with Gasteiger partial charge < -0.3 is 14.7 Å². The van der Waals surface area contributed by atoms with Crippen molar-refractivity contribution < 1.29 is 14.6 Å². The van der Waals surface area contributed by atoms with Gasteiger partial charge in [-0.3, -0.25) is 4.79 Å². The molecule has 0 bridgehead atoms. The van der Waals surface area contributed by atoms with Gasteiger partial charge in [-0.1, -0.05) is 12.1 Å². The number of aromatic hydroxyl groups is 1. The predicted molar refractivity (Wildman–Crippen MR) is 63.9 cm³/mol. The molecule has 1 aromatic carbocycles. The van der Waals surface area contributed by atoms with Crippen molar-refractivity contribution in [3.8, 4) is 5.75 Å². The number of benzene rings is 1. The second-order valence-electron chi connectivity index (χ2n) is 4.30. The molecule has 0 atom stereocenters. The van der Waals surface area contributed by atoms with E-state index < -0.39 is 0 Å². The molecule has 0 radical (unpaired) electrons. The first kappa shape index (κ1) is 11.9. The number of hydrogen-bond acceptors (Lipinski definition) is 3. The molecule has 92 valence electrons. The fourth-order valence-electron chi connectivity index (χ4n) is 1.91. The second kappa shape index (κ2) is 5.19. The third-order valence-electron chi connectivity index (χ3n) is 2.95. The van der Waals surface area contributed by atoms with E-state index in [1.165, 1.54) is 0 Å². The number of phenolic OH excluding ortho intramolecular Hbond substituents is 1. The summed E-state index contributed by atoms with van der Waals surface area (Å²) in [4.78, 5) is 13.7. The lowest BCUT2D eigenvalue weighted by Gasteiger charge is -2.27. The number of morpholine rings is 1. The number of carbonyl (C=O) groups excluding carboxylic acids is 1. The van der Waals surface area contributed by atoms with Gasteiger partial charge in [0.15, 0.2) is 0 Å². The minimum absolute atomic E-state index is 0.0486. The molecule has 1 heterocycles. The SMILES string of the molecule is Cc1ccc(CC(=O)N2CCOCC2)c(O)c1. The van der Waals surface area contributed by atoms with Gasteiger partial charge in [0.25, 0.3) is 0 Å². The zero-order valence-electron chi connectivity index (χ0n) is 9.98. The van der Waals surface area contributed by atoms with Gasteiger partial charge in [0, 0.05) is 18.7 Å². The summed E-state index contributed by atoms with van der Waals surface area (Å²) in [7, 11) is 0. The smallest absolute Gasteiger partial charge is 0.227 e. The van der Waals surface area contributed by atoms with Gasteiger partial charge in [0.1, 0.15) is 5.75 Å². The van der Waals surface area contributed by atoms with Crippen LogP contribution in [-0.4, -0.2) is 42.2 Å². The van der Waals surface area contributed by atoms with Crippen LogP contribution in [0.5, 0.6) is 5.75 Å². The average molecular weight is 235 g/mol. The Morgan fingerprint density at radius 1 is 1.41 bits per heavy atom. The van der Waals surface area contributed by atoms with Crippen LogP contribution in [0.3, 0.4) is 0 Å². The quantitative estimate of drug-likeness (QED) is 0.835. The van der Waals surface area contributed by atoms with Crippen molar-refractivity contribution in [1.82, 2.24) is 4.90 Å². The molecule has 4 nitrogen and oxygen atoms in total. The normalized spacial score (nSPS) is 15.9. The molecule has 1 N–H and O–H groups in total. The minimum Gasteiger partial charge on any atom is -0.508 e. The monoisotopic (exact) mass is 235 g/mol. The Morgan fingerprint density at radius 2 is 2.12 bits per heavy atom. The molecule has 1 aliphatic rings. The number of rotatable bonds is 2. The molecule has 0 spiro atoms. The highest BCUT2D eigenvalue weighted by atomic mass is 16.5. The second-order valence-corrected chi connectivity index (χ2v) is 4.30. The average Bonchev–Trinajstić information content (AvgIpc) is 2.34. The summed E-state index contributed by atoms with van der Waals surface area (Å²) in [5.74, 6) is 0.249. The van der Waals surface area contributed by atoms with Crippen molar-refractivity contribution in [2.75, 3.05) is 26.3 Å². The highest BCUT2D eigenvalue weighted by Crippen LogP contribution is 2.19. The van der Waals surface area contributed by atoms with Crippen molar-refractivity contribution in [1.29, 1.82) is 0 Å². The van der Waals surface area contributed by atoms with Crippen molar-refractivity contribution in [2.24, 2.45) is 0 Å². The van der Waals surface area contributed by atoms with E-state index in [0.717, 1.165) is 5.56 Å². The molecule has 0 saturated carbocycles. The molecule has 17 heavy (non-hydrogen) atoms. The molecule has 1 aliphatic heterocycles. The Bertz CT molecular complexity index is 411. The van der Waals surface area contributed by atoms with E-state index in [4.69, 9.17) is 4.74 Å². The Kier molecular flexibility index (Phi) is 3.64. The van der Waals surface area contributed by atoms with Crippen molar-refractivity contribution in [2.45, 2.75) is 13.3 Å². The van der Waals surface area contributed by atoms with E-state index in [-0.39, 0.29) is 18.1 Å². The molecule has 1 fully saturated rings. The lowest BCUT2D eigenvalue weighted by Crippen LogP contribution is -2.41. The topological polar surface area (TPSA) is 49.8 Å². The van der Waals surface area contributed by atoms with Crippen LogP contribution < -0.4 is 0 Å². The summed E-state index contributed by atoms with van der Waals surface area (Å²) in [6.07, 6.45) is 0.256. The number of carbonyl (C=O) groups is 1. The van der Waals surface area contributed by atoms with E-state index in [2.05, 4.69) is 0 Å². The number of hydrogen-bond donors (Lipinski definition) is 1. The lowest BCUT2D eigenvalue weighted by molar-refractivity contribution is -0.134. The number of ether oxygens (including phenoxy) is 1. The highest BCUT2D eigenvalue weighted by Gasteiger charge is 2.18. The van der Waals surface area contributed by atoms with E-state index in [1.807, 2.05) is 19.1 Å². The lowest BCUT2D eigenvalue weighted by atomic mass is 10.1. The third kappa shape index (κ3) is 2.97. The Hall–Kier alpha value is -1.55. The van der Waals surface area contributed by atoms with Crippen LogP contribution in [0, 0.1) is 6.92 Å². The summed E-state index contributed by atoms with van der Waals surface area (Å²) in [6.45, 7) is 4.40. The molecule has 0 aromatic heterocycles. The third-order valence-corrected chi connectivity index (χ3v) is 2.95. The van der Waals surface area contributed by atoms with Gasteiger partial charge in [-0.15, -0.1) is 0 Å². The molecular weight excluding hydrogens is 218 g/mol. The van der Waals surface area contributed by atoms with Gasteiger partial charge in [-0.25, -0.2) is 0 Å². The fourth-order valence-corrected chi connectivity index (χ4v) is 1.91. The molecule has 1 saturated heterocycles. The zero-order chi connectivity index (χ0) is 12.3. The van der Waals surface area contributed by atoms with Gasteiger partial charge in [0.2, 0.25) is 5.91 Å². The summed E-state index contributed by atoms with van der Waals surface area (Å²) < 4.78 is 5.20. The fraction of sp³-hybridized carbons (Fsp3) is 0.462. The molecule has 0 unspecified atom stereocenters. The number of nitrogens with zero attached hydrogens (tertiary/aromatic N) is 1. The molecular formula is C13H17NO3. The number of phenols is 1. The summed E-state index contributed by atoms with van der Waals surface area (Å²) in [5.41, 5.74) is 1.68. The summed E-state index contributed by atoms with van der Waals surface area (Å²) in [5, 5.41) is 9.74. The summed E-state index contributed by atoms with van der Waals surface area (Å²) >= 11 is 0. The van der Waals surface area contributed by atoms with E-state index in [9.17, 15) is 9.90 Å². The van der Waals surface area contributed by atoms with Crippen LogP contribution in [0.25, 0.3) is 0 Å². The number of amides is 1. The Labute approximate surface area is 101 Å². The first-order valence-corrected chi connectivity index (χ1v) is 5.81. The van der Waals surface area contributed by atoms with Gasteiger partial charge in [-0.05, 0) is 18.6 Å². The van der Waals surface area contributed by atoms with Crippen LogP contribution in [0.4, 0.5) is 0 Å². The molecule has 1 aromatic rings. The van der Waals surface area contributed by atoms with Crippen molar-refractivity contribution in [3.05, 3.63) is 29.3 Å². The van der Waals surface area contributed by atoms with Crippen LogP contribution in [0.1, 0.15) is 11.1 Å². The van der Waals surface area contributed by atoms with Crippen LogP contribution in [-0.2, 0) is 16.0 Å². The van der Waals surface area contributed by atoms with E-state index in [1.54, 1.807) is 11.0 Å². The van der Waals surface area contributed by atoms with Gasteiger partial charge >= 0.3 is 0 Å². The highest BCUT2D eigenvalue weighted by molar-refractivity contribution is 5.79. The Balaban J connectivity index is 2.02. The maximum atomic E-state index is 12.0. The van der Waals surface area contributed by atoms with Crippen LogP contribution in [0.15, 0.2) is 18.2 Å². The van der Waals surface area contributed by atoms with Crippen molar-refractivity contribution in [3.63, 3.8) is 0 Å². The number of aryl methyl sites for hydroxylation is 1. The van der Waals surface area contributed by atoms with Gasteiger partial charge in [0.05, 0.1) is 19.6 Å². The zero-order valence-corrected chi connectivity index (χ0v) is 9.98. The molecule has 2 rings (SSSR count).